The van der Waals surface area contributed by atoms with Gasteiger partial charge in [-0.2, -0.15) is 0 Å². The lowest BCUT2D eigenvalue weighted by Gasteiger charge is -2.28. The quantitative estimate of drug-likeness (QED) is 0.532. The molecule has 16 heavy (non-hydrogen) atoms. The van der Waals surface area contributed by atoms with Gasteiger partial charge in [0.25, 0.3) is 0 Å². The van der Waals surface area contributed by atoms with E-state index in [1.54, 1.807) is 0 Å². The Labute approximate surface area is 99.9 Å². The maximum absolute atomic E-state index is 8.33. The Bertz CT molecular complexity index is 251. The van der Waals surface area contributed by atoms with Crippen molar-refractivity contribution in [2.45, 2.75) is 58.8 Å². The van der Waals surface area contributed by atoms with Crippen LogP contribution in [0.5, 0.6) is 0 Å². The van der Waals surface area contributed by atoms with Crippen LogP contribution in [0.3, 0.4) is 0 Å². The zero-order chi connectivity index (χ0) is 11.6. The Morgan fingerprint density at radius 1 is 1.06 bits per heavy atom. The molecule has 0 bridgehead atoms. The van der Waals surface area contributed by atoms with E-state index in [4.69, 9.17) is 5.41 Å². The van der Waals surface area contributed by atoms with Gasteiger partial charge in [0.1, 0.15) is 0 Å². The molecular weight excluding hydrogens is 196 g/mol. The van der Waals surface area contributed by atoms with Gasteiger partial charge in [0.05, 0.1) is 5.84 Å². The predicted octanol–water partition coefficient (Wildman–Crippen LogP) is 3.67. The number of rotatable bonds is 1. The number of hydrogen-bond acceptors (Lipinski definition) is 1. The van der Waals surface area contributed by atoms with Crippen LogP contribution in [0.4, 0.5) is 0 Å². The zero-order valence-electron chi connectivity index (χ0n) is 10.9. The highest BCUT2D eigenvalue weighted by molar-refractivity contribution is 5.81. The van der Waals surface area contributed by atoms with Gasteiger partial charge in [-0.3, -0.25) is 5.41 Å². The Morgan fingerprint density at radius 2 is 1.75 bits per heavy atom. The van der Waals surface area contributed by atoms with E-state index >= 15 is 0 Å². The lowest BCUT2D eigenvalue weighted by Crippen LogP contribution is -2.35. The monoisotopic (exact) mass is 222 g/mol. The SMILES string of the molecule is CC1(C)CCCN(C(=N)C2CCCC2)CC1. The molecule has 0 spiro atoms. The highest BCUT2D eigenvalue weighted by atomic mass is 15.2. The van der Waals surface area contributed by atoms with Gasteiger partial charge in [-0.15, -0.1) is 0 Å². The standard InChI is InChI=1S/C14H26N2/c1-14(2)8-5-10-16(11-9-14)13(15)12-6-3-4-7-12/h12,15H,3-11H2,1-2H3. The third-order valence-corrected chi connectivity index (χ3v) is 4.42. The Hall–Kier alpha value is -0.530. The van der Waals surface area contributed by atoms with E-state index in [0.29, 0.717) is 11.3 Å². The topological polar surface area (TPSA) is 27.1 Å². The molecule has 0 radical (unpaired) electrons. The fourth-order valence-electron chi connectivity index (χ4n) is 3.12. The molecule has 1 aliphatic carbocycles. The Balaban J connectivity index is 1.91. The van der Waals surface area contributed by atoms with Gasteiger partial charge < -0.3 is 4.90 Å². The predicted molar refractivity (Wildman–Crippen MR) is 68.9 cm³/mol. The van der Waals surface area contributed by atoms with Crippen LogP contribution in [-0.2, 0) is 0 Å². The molecule has 92 valence electrons. The molecule has 1 N–H and O–H groups in total. The molecule has 2 fully saturated rings. The third kappa shape index (κ3) is 2.78. The molecule has 2 rings (SSSR count). The molecule has 0 aromatic heterocycles. The molecule has 2 aliphatic rings. The molecule has 1 heterocycles. The van der Waals surface area contributed by atoms with Gasteiger partial charge in [-0.05, 0) is 37.5 Å². The van der Waals surface area contributed by atoms with Crippen molar-refractivity contribution in [3.8, 4) is 0 Å². The van der Waals surface area contributed by atoms with Gasteiger partial charge in [0.2, 0.25) is 0 Å². The molecule has 0 aromatic rings. The molecule has 1 aliphatic heterocycles. The maximum Gasteiger partial charge on any atom is 0.0989 e. The normalized spacial score (nSPS) is 26.8. The molecule has 2 heteroatoms. The highest BCUT2D eigenvalue weighted by Crippen LogP contribution is 2.32. The first-order valence-corrected chi connectivity index (χ1v) is 6.92. The lowest BCUT2D eigenvalue weighted by molar-refractivity contribution is 0.310. The summed E-state index contributed by atoms with van der Waals surface area (Å²) in [6.45, 7) is 6.98. The van der Waals surface area contributed by atoms with E-state index in [2.05, 4.69) is 18.7 Å². The minimum Gasteiger partial charge on any atom is -0.360 e. The van der Waals surface area contributed by atoms with Crippen LogP contribution >= 0.6 is 0 Å². The fourth-order valence-corrected chi connectivity index (χ4v) is 3.12. The van der Waals surface area contributed by atoms with E-state index in [-0.39, 0.29) is 0 Å². The maximum atomic E-state index is 8.33. The van der Waals surface area contributed by atoms with Gasteiger partial charge in [-0.25, -0.2) is 0 Å². The van der Waals surface area contributed by atoms with E-state index in [1.165, 1.54) is 44.9 Å². The van der Waals surface area contributed by atoms with Crippen molar-refractivity contribution in [3.05, 3.63) is 0 Å². The first-order valence-electron chi connectivity index (χ1n) is 6.92. The molecule has 0 atom stereocenters. The fraction of sp³-hybridized carbons (Fsp3) is 0.929. The lowest BCUT2D eigenvalue weighted by atomic mass is 9.85. The second-order valence-electron chi connectivity index (χ2n) is 6.37. The first-order chi connectivity index (χ1) is 7.58. The Morgan fingerprint density at radius 3 is 2.44 bits per heavy atom. The van der Waals surface area contributed by atoms with Crippen molar-refractivity contribution in [2.75, 3.05) is 13.1 Å². The summed E-state index contributed by atoms with van der Waals surface area (Å²) in [5.74, 6) is 1.54. The molecule has 2 nitrogen and oxygen atoms in total. The summed E-state index contributed by atoms with van der Waals surface area (Å²) in [6, 6.07) is 0. The summed E-state index contributed by atoms with van der Waals surface area (Å²) < 4.78 is 0. The van der Waals surface area contributed by atoms with Crippen molar-refractivity contribution in [1.82, 2.24) is 4.90 Å². The van der Waals surface area contributed by atoms with Crippen LogP contribution in [0, 0.1) is 16.7 Å². The van der Waals surface area contributed by atoms with Crippen molar-refractivity contribution in [2.24, 2.45) is 11.3 Å². The third-order valence-electron chi connectivity index (χ3n) is 4.42. The largest absolute Gasteiger partial charge is 0.360 e. The molecule has 0 amide bonds. The molecule has 1 saturated carbocycles. The summed E-state index contributed by atoms with van der Waals surface area (Å²) in [5, 5.41) is 8.33. The van der Waals surface area contributed by atoms with Gasteiger partial charge in [-0.1, -0.05) is 26.7 Å². The minimum atomic E-state index is 0.491. The second-order valence-corrected chi connectivity index (χ2v) is 6.37. The zero-order valence-corrected chi connectivity index (χ0v) is 10.9. The smallest absolute Gasteiger partial charge is 0.0989 e. The molecular formula is C14H26N2. The van der Waals surface area contributed by atoms with E-state index < -0.39 is 0 Å². The van der Waals surface area contributed by atoms with E-state index in [9.17, 15) is 0 Å². The summed E-state index contributed by atoms with van der Waals surface area (Å²) in [6.07, 6.45) is 9.04. The van der Waals surface area contributed by atoms with Crippen LogP contribution in [0.2, 0.25) is 0 Å². The molecule has 1 saturated heterocycles. The first kappa shape index (κ1) is 11.9. The minimum absolute atomic E-state index is 0.491. The average Bonchev–Trinajstić information content (AvgIpc) is 2.69. The number of likely N-dealkylation sites (tertiary alicyclic amines) is 1. The van der Waals surface area contributed by atoms with Crippen LogP contribution in [0.15, 0.2) is 0 Å². The summed E-state index contributed by atoms with van der Waals surface area (Å²) >= 11 is 0. The number of nitrogens with one attached hydrogen (secondary N) is 1. The van der Waals surface area contributed by atoms with Gasteiger partial charge >= 0.3 is 0 Å². The summed E-state index contributed by atoms with van der Waals surface area (Å²) in [5.41, 5.74) is 0.491. The number of nitrogens with zero attached hydrogens (tertiary/aromatic N) is 1. The number of hydrogen-bond donors (Lipinski definition) is 1. The van der Waals surface area contributed by atoms with E-state index in [1.807, 2.05) is 0 Å². The highest BCUT2D eigenvalue weighted by Gasteiger charge is 2.28. The average molecular weight is 222 g/mol. The summed E-state index contributed by atoms with van der Waals surface area (Å²) in [7, 11) is 0. The second kappa shape index (κ2) is 4.77. The van der Waals surface area contributed by atoms with Crippen molar-refractivity contribution in [3.63, 3.8) is 0 Å². The molecule has 0 unspecified atom stereocenters. The van der Waals surface area contributed by atoms with Crippen LogP contribution in [0.1, 0.15) is 58.8 Å². The molecule has 0 aromatic carbocycles. The van der Waals surface area contributed by atoms with Crippen molar-refractivity contribution in [1.29, 1.82) is 5.41 Å². The van der Waals surface area contributed by atoms with Crippen molar-refractivity contribution >= 4 is 5.84 Å². The Kier molecular flexibility index (Phi) is 3.56. The van der Waals surface area contributed by atoms with Crippen molar-refractivity contribution < 1.29 is 0 Å². The summed E-state index contributed by atoms with van der Waals surface area (Å²) in [4.78, 5) is 2.37. The van der Waals surface area contributed by atoms with Crippen LogP contribution in [-0.4, -0.2) is 23.8 Å². The van der Waals surface area contributed by atoms with Gasteiger partial charge in [0.15, 0.2) is 0 Å². The van der Waals surface area contributed by atoms with E-state index in [0.717, 1.165) is 18.9 Å². The van der Waals surface area contributed by atoms with Crippen LogP contribution in [0.25, 0.3) is 0 Å². The van der Waals surface area contributed by atoms with Gasteiger partial charge in [0, 0.05) is 19.0 Å². The van der Waals surface area contributed by atoms with Crippen LogP contribution < -0.4 is 0 Å². The number of amidine groups is 1.